The van der Waals surface area contributed by atoms with Gasteiger partial charge >= 0.3 is 0 Å². The third-order valence-electron chi connectivity index (χ3n) is 3.69. The Morgan fingerprint density at radius 2 is 1.88 bits per heavy atom. The molecule has 0 radical (unpaired) electrons. The van der Waals surface area contributed by atoms with Gasteiger partial charge in [0.05, 0.1) is 6.54 Å². The standard InChI is InChI=1S/C21H20N4O/c1-16-7-5-9-18(13-16)20(26)25-21(24-19-10-3-2-4-11-19)23-15-17-8-6-12-22-14-17/h2-14H,15H2,1H3,(H2,23,24,25,26). The minimum atomic E-state index is -0.206. The number of guanidine groups is 1. The molecule has 3 aromatic rings. The number of carbonyl (C=O) groups excluding carboxylic acids is 1. The monoisotopic (exact) mass is 344 g/mol. The van der Waals surface area contributed by atoms with E-state index in [2.05, 4.69) is 20.6 Å². The Labute approximate surface area is 152 Å². The van der Waals surface area contributed by atoms with Crippen molar-refractivity contribution in [2.45, 2.75) is 13.5 Å². The second-order valence-electron chi connectivity index (χ2n) is 5.84. The van der Waals surface area contributed by atoms with Crippen molar-refractivity contribution in [1.29, 1.82) is 0 Å². The van der Waals surface area contributed by atoms with Crippen molar-refractivity contribution in [3.05, 3.63) is 95.8 Å². The number of hydrogen-bond acceptors (Lipinski definition) is 3. The largest absolute Gasteiger partial charge is 0.326 e. The molecule has 2 aromatic carbocycles. The van der Waals surface area contributed by atoms with Crippen LogP contribution >= 0.6 is 0 Å². The average Bonchev–Trinajstić information content (AvgIpc) is 2.68. The van der Waals surface area contributed by atoms with E-state index in [-0.39, 0.29) is 5.91 Å². The van der Waals surface area contributed by atoms with E-state index in [1.165, 1.54) is 0 Å². The lowest BCUT2D eigenvalue weighted by Gasteiger charge is -2.12. The van der Waals surface area contributed by atoms with Gasteiger partial charge in [-0.1, -0.05) is 42.0 Å². The highest BCUT2D eigenvalue weighted by Crippen LogP contribution is 2.07. The Bertz CT molecular complexity index is 892. The molecule has 0 aliphatic carbocycles. The van der Waals surface area contributed by atoms with Crippen LogP contribution in [0.1, 0.15) is 21.5 Å². The molecule has 0 saturated heterocycles. The molecule has 0 aliphatic heterocycles. The van der Waals surface area contributed by atoms with Gasteiger partial charge in [-0.3, -0.25) is 15.1 Å². The van der Waals surface area contributed by atoms with E-state index in [0.717, 1.165) is 16.8 Å². The molecule has 0 spiro atoms. The summed E-state index contributed by atoms with van der Waals surface area (Å²) in [7, 11) is 0. The summed E-state index contributed by atoms with van der Waals surface area (Å²) < 4.78 is 0. The third kappa shape index (κ3) is 5.01. The molecule has 0 unspecified atom stereocenters. The lowest BCUT2D eigenvalue weighted by atomic mass is 10.1. The number of anilines is 1. The number of aliphatic imine (C=N–C) groups is 1. The zero-order chi connectivity index (χ0) is 18.2. The first-order chi connectivity index (χ1) is 12.7. The minimum Gasteiger partial charge on any atom is -0.326 e. The molecule has 0 fully saturated rings. The number of amides is 1. The molecule has 3 rings (SSSR count). The summed E-state index contributed by atoms with van der Waals surface area (Å²) in [6, 6.07) is 20.9. The fourth-order valence-corrected chi connectivity index (χ4v) is 2.40. The van der Waals surface area contributed by atoms with Crippen molar-refractivity contribution in [3.8, 4) is 0 Å². The maximum atomic E-state index is 12.6. The lowest BCUT2D eigenvalue weighted by molar-refractivity contribution is 0.0977. The molecule has 1 heterocycles. The van der Waals surface area contributed by atoms with Crippen molar-refractivity contribution >= 4 is 17.6 Å². The Kier molecular flexibility index (Phi) is 5.72. The third-order valence-corrected chi connectivity index (χ3v) is 3.69. The van der Waals surface area contributed by atoms with Crippen LogP contribution in [-0.4, -0.2) is 16.9 Å². The van der Waals surface area contributed by atoms with Gasteiger partial charge in [0.25, 0.3) is 5.91 Å². The quantitative estimate of drug-likeness (QED) is 0.559. The topological polar surface area (TPSA) is 66.4 Å². The summed E-state index contributed by atoms with van der Waals surface area (Å²) in [6.07, 6.45) is 3.47. The zero-order valence-electron chi connectivity index (χ0n) is 14.5. The van der Waals surface area contributed by atoms with Crippen molar-refractivity contribution in [3.63, 3.8) is 0 Å². The smallest absolute Gasteiger partial charge is 0.257 e. The molecule has 5 nitrogen and oxygen atoms in total. The zero-order valence-corrected chi connectivity index (χ0v) is 14.5. The Morgan fingerprint density at radius 3 is 2.62 bits per heavy atom. The molecule has 2 N–H and O–H groups in total. The van der Waals surface area contributed by atoms with Gasteiger partial charge in [-0.05, 0) is 42.8 Å². The van der Waals surface area contributed by atoms with Crippen LogP contribution in [0.5, 0.6) is 0 Å². The van der Waals surface area contributed by atoms with Gasteiger partial charge in [-0.2, -0.15) is 0 Å². The number of hydrogen-bond donors (Lipinski definition) is 2. The van der Waals surface area contributed by atoms with E-state index in [0.29, 0.717) is 18.1 Å². The molecule has 0 aliphatic rings. The number of aromatic nitrogens is 1. The molecular weight excluding hydrogens is 324 g/mol. The van der Waals surface area contributed by atoms with Crippen molar-refractivity contribution in [2.75, 3.05) is 5.32 Å². The lowest BCUT2D eigenvalue weighted by Crippen LogP contribution is -2.36. The molecule has 0 bridgehead atoms. The van der Waals surface area contributed by atoms with Crippen LogP contribution in [-0.2, 0) is 6.54 Å². The van der Waals surface area contributed by atoms with Crippen LogP contribution < -0.4 is 10.6 Å². The first kappa shape index (κ1) is 17.4. The fraction of sp³-hybridized carbons (Fsp3) is 0.0952. The summed E-state index contributed by atoms with van der Waals surface area (Å²) >= 11 is 0. The highest BCUT2D eigenvalue weighted by molar-refractivity contribution is 6.10. The van der Waals surface area contributed by atoms with Crippen LogP contribution in [0.25, 0.3) is 0 Å². The summed E-state index contributed by atoms with van der Waals surface area (Å²) in [6.45, 7) is 2.37. The fourth-order valence-electron chi connectivity index (χ4n) is 2.40. The predicted octanol–water partition coefficient (Wildman–Crippen LogP) is 3.79. The summed E-state index contributed by atoms with van der Waals surface area (Å²) in [5.41, 5.74) is 3.43. The van der Waals surface area contributed by atoms with E-state index < -0.39 is 0 Å². The molecule has 0 saturated carbocycles. The highest BCUT2D eigenvalue weighted by atomic mass is 16.1. The number of carbonyl (C=O) groups is 1. The highest BCUT2D eigenvalue weighted by Gasteiger charge is 2.09. The number of benzene rings is 2. The van der Waals surface area contributed by atoms with Gasteiger partial charge in [0, 0.05) is 23.6 Å². The van der Waals surface area contributed by atoms with Gasteiger partial charge < -0.3 is 5.32 Å². The van der Waals surface area contributed by atoms with Crippen LogP contribution in [0.15, 0.2) is 84.1 Å². The van der Waals surface area contributed by atoms with Crippen LogP contribution in [0, 0.1) is 6.92 Å². The number of nitrogens with zero attached hydrogens (tertiary/aromatic N) is 2. The van der Waals surface area contributed by atoms with Gasteiger partial charge in [-0.25, -0.2) is 4.99 Å². The minimum absolute atomic E-state index is 0.206. The van der Waals surface area contributed by atoms with Crippen LogP contribution in [0.4, 0.5) is 5.69 Å². The van der Waals surface area contributed by atoms with Gasteiger partial charge in [0.2, 0.25) is 5.96 Å². The van der Waals surface area contributed by atoms with E-state index in [1.54, 1.807) is 18.5 Å². The number of pyridine rings is 1. The maximum absolute atomic E-state index is 12.6. The van der Waals surface area contributed by atoms with Crippen molar-refractivity contribution < 1.29 is 4.79 Å². The Balaban J connectivity index is 1.78. The maximum Gasteiger partial charge on any atom is 0.257 e. The Hall–Kier alpha value is -3.47. The van der Waals surface area contributed by atoms with Gasteiger partial charge in [-0.15, -0.1) is 0 Å². The second kappa shape index (κ2) is 8.58. The molecule has 5 heteroatoms. The second-order valence-corrected chi connectivity index (χ2v) is 5.84. The number of nitrogens with one attached hydrogen (secondary N) is 2. The number of rotatable bonds is 4. The number of aryl methyl sites for hydroxylation is 1. The van der Waals surface area contributed by atoms with E-state index >= 15 is 0 Å². The molecule has 26 heavy (non-hydrogen) atoms. The first-order valence-corrected chi connectivity index (χ1v) is 8.34. The molecular formula is C21H20N4O. The van der Waals surface area contributed by atoms with E-state index in [1.807, 2.05) is 67.6 Å². The Morgan fingerprint density at radius 1 is 1.04 bits per heavy atom. The summed E-state index contributed by atoms with van der Waals surface area (Å²) in [4.78, 5) is 21.2. The van der Waals surface area contributed by atoms with Crippen LogP contribution in [0.3, 0.4) is 0 Å². The van der Waals surface area contributed by atoms with Gasteiger partial charge in [0.15, 0.2) is 0 Å². The SMILES string of the molecule is Cc1cccc(C(=O)NC(=NCc2cccnc2)Nc2ccccc2)c1. The summed E-state index contributed by atoms with van der Waals surface area (Å²) in [5.74, 6) is 0.189. The number of para-hydroxylation sites is 1. The predicted molar refractivity (Wildman–Crippen MR) is 104 cm³/mol. The van der Waals surface area contributed by atoms with Crippen LogP contribution in [0.2, 0.25) is 0 Å². The van der Waals surface area contributed by atoms with Crippen molar-refractivity contribution in [1.82, 2.24) is 10.3 Å². The average molecular weight is 344 g/mol. The van der Waals surface area contributed by atoms with E-state index in [4.69, 9.17) is 0 Å². The first-order valence-electron chi connectivity index (χ1n) is 8.34. The van der Waals surface area contributed by atoms with Gasteiger partial charge in [0.1, 0.15) is 0 Å². The normalized spacial score (nSPS) is 11.0. The summed E-state index contributed by atoms with van der Waals surface area (Å²) in [5, 5.41) is 6.02. The molecule has 130 valence electrons. The van der Waals surface area contributed by atoms with Crippen molar-refractivity contribution in [2.24, 2.45) is 4.99 Å². The molecule has 0 atom stereocenters. The van der Waals surface area contributed by atoms with E-state index in [9.17, 15) is 4.79 Å². The molecule has 1 amide bonds. The molecule has 1 aromatic heterocycles.